The maximum Gasteiger partial charge on any atom is 0.260 e. The van der Waals surface area contributed by atoms with Gasteiger partial charge in [0, 0.05) is 17.1 Å². The molecule has 0 aliphatic heterocycles. The number of rotatable bonds is 5. The van der Waals surface area contributed by atoms with Gasteiger partial charge >= 0.3 is 0 Å². The van der Waals surface area contributed by atoms with Crippen molar-refractivity contribution in [2.24, 2.45) is 0 Å². The van der Waals surface area contributed by atoms with E-state index in [0.29, 0.717) is 22.9 Å². The van der Waals surface area contributed by atoms with Crippen LogP contribution in [0.1, 0.15) is 19.4 Å². The molecule has 0 radical (unpaired) electrons. The van der Waals surface area contributed by atoms with Gasteiger partial charge < -0.3 is 15.2 Å². The SMILES string of the molecule is CCNC(=O)C(C)Oc1ccc(Cl)cc1CO. The van der Waals surface area contributed by atoms with E-state index < -0.39 is 6.10 Å². The monoisotopic (exact) mass is 257 g/mol. The molecular formula is C12H16ClNO3. The van der Waals surface area contributed by atoms with E-state index in [1.54, 1.807) is 25.1 Å². The lowest BCUT2D eigenvalue weighted by molar-refractivity contribution is -0.127. The van der Waals surface area contributed by atoms with Crippen LogP contribution in [0.25, 0.3) is 0 Å². The van der Waals surface area contributed by atoms with Crippen molar-refractivity contribution >= 4 is 17.5 Å². The topological polar surface area (TPSA) is 58.6 Å². The van der Waals surface area contributed by atoms with Crippen molar-refractivity contribution in [2.45, 2.75) is 26.6 Å². The number of carbonyl (C=O) groups excluding carboxylic acids is 1. The lowest BCUT2D eigenvalue weighted by atomic mass is 10.2. The number of likely N-dealkylation sites (N-methyl/N-ethyl adjacent to an activating group) is 1. The molecule has 94 valence electrons. The second-order valence-corrected chi connectivity index (χ2v) is 4.00. The van der Waals surface area contributed by atoms with E-state index in [9.17, 15) is 4.79 Å². The summed E-state index contributed by atoms with van der Waals surface area (Å²) in [5.41, 5.74) is 0.564. The number of hydrogen-bond donors (Lipinski definition) is 2. The highest BCUT2D eigenvalue weighted by Crippen LogP contribution is 2.23. The number of aliphatic hydroxyl groups excluding tert-OH is 1. The van der Waals surface area contributed by atoms with Crippen molar-refractivity contribution in [1.82, 2.24) is 5.32 Å². The van der Waals surface area contributed by atoms with Crippen molar-refractivity contribution in [1.29, 1.82) is 0 Å². The van der Waals surface area contributed by atoms with Gasteiger partial charge in [0.05, 0.1) is 6.61 Å². The van der Waals surface area contributed by atoms with Crippen molar-refractivity contribution in [3.8, 4) is 5.75 Å². The molecule has 0 aliphatic carbocycles. The average Bonchev–Trinajstić information content (AvgIpc) is 2.31. The minimum absolute atomic E-state index is 0.183. The molecule has 0 aromatic heterocycles. The summed E-state index contributed by atoms with van der Waals surface area (Å²) in [6.45, 7) is 3.87. The van der Waals surface area contributed by atoms with Gasteiger partial charge in [-0.15, -0.1) is 0 Å². The van der Waals surface area contributed by atoms with Crippen LogP contribution in [-0.2, 0) is 11.4 Å². The highest BCUT2D eigenvalue weighted by atomic mass is 35.5. The van der Waals surface area contributed by atoms with Crippen molar-refractivity contribution < 1.29 is 14.6 Å². The van der Waals surface area contributed by atoms with Crippen LogP contribution >= 0.6 is 11.6 Å². The normalized spacial score (nSPS) is 12.0. The zero-order valence-corrected chi connectivity index (χ0v) is 10.6. The molecule has 0 saturated carbocycles. The minimum Gasteiger partial charge on any atom is -0.481 e. The third kappa shape index (κ3) is 3.91. The Labute approximate surface area is 106 Å². The van der Waals surface area contributed by atoms with Crippen LogP contribution in [0.3, 0.4) is 0 Å². The number of ether oxygens (including phenoxy) is 1. The first kappa shape index (κ1) is 13.8. The lowest BCUT2D eigenvalue weighted by Gasteiger charge is -2.16. The Hall–Kier alpha value is -1.26. The third-order valence-electron chi connectivity index (χ3n) is 2.22. The van der Waals surface area contributed by atoms with Gasteiger partial charge in [-0.25, -0.2) is 0 Å². The molecule has 0 bridgehead atoms. The van der Waals surface area contributed by atoms with Crippen molar-refractivity contribution in [3.63, 3.8) is 0 Å². The molecule has 1 atom stereocenters. The molecule has 1 rings (SSSR count). The van der Waals surface area contributed by atoms with Gasteiger partial charge in [-0.05, 0) is 32.0 Å². The molecule has 0 fully saturated rings. The Bertz CT molecular complexity index is 395. The number of aliphatic hydroxyl groups is 1. The van der Waals surface area contributed by atoms with E-state index in [1.165, 1.54) is 0 Å². The summed E-state index contributed by atoms with van der Waals surface area (Å²) in [6, 6.07) is 4.91. The second kappa shape index (κ2) is 6.47. The average molecular weight is 258 g/mol. The van der Waals surface area contributed by atoms with E-state index in [4.69, 9.17) is 21.4 Å². The molecule has 0 spiro atoms. The van der Waals surface area contributed by atoms with Gasteiger partial charge in [0.15, 0.2) is 6.10 Å². The molecule has 5 heteroatoms. The summed E-state index contributed by atoms with van der Waals surface area (Å²) in [5, 5.41) is 12.3. The summed E-state index contributed by atoms with van der Waals surface area (Å²) in [6.07, 6.45) is -0.610. The van der Waals surface area contributed by atoms with Crippen LogP contribution in [0.4, 0.5) is 0 Å². The van der Waals surface area contributed by atoms with Crippen LogP contribution in [0.5, 0.6) is 5.75 Å². The summed E-state index contributed by atoms with van der Waals surface area (Å²) in [7, 11) is 0. The van der Waals surface area contributed by atoms with E-state index in [2.05, 4.69) is 5.32 Å². The van der Waals surface area contributed by atoms with Crippen LogP contribution in [0, 0.1) is 0 Å². The van der Waals surface area contributed by atoms with E-state index in [1.807, 2.05) is 6.92 Å². The molecule has 0 heterocycles. The molecular weight excluding hydrogens is 242 g/mol. The van der Waals surface area contributed by atoms with Gasteiger partial charge in [-0.1, -0.05) is 11.6 Å². The Morgan fingerprint density at radius 3 is 2.88 bits per heavy atom. The van der Waals surface area contributed by atoms with E-state index in [0.717, 1.165) is 0 Å². The van der Waals surface area contributed by atoms with Gasteiger partial charge in [0.25, 0.3) is 5.91 Å². The Kier molecular flexibility index (Phi) is 5.25. The maximum atomic E-state index is 11.5. The van der Waals surface area contributed by atoms with Crippen LogP contribution in [0.15, 0.2) is 18.2 Å². The fourth-order valence-electron chi connectivity index (χ4n) is 1.35. The number of halogens is 1. The molecule has 2 N–H and O–H groups in total. The van der Waals surface area contributed by atoms with Crippen LogP contribution < -0.4 is 10.1 Å². The highest BCUT2D eigenvalue weighted by Gasteiger charge is 2.15. The largest absolute Gasteiger partial charge is 0.481 e. The Morgan fingerprint density at radius 1 is 1.59 bits per heavy atom. The fourth-order valence-corrected chi connectivity index (χ4v) is 1.54. The second-order valence-electron chi connectivity index (χ2n) is 3.56. The number of nitrogens with one attached hydrogen (secondary N) is 1. The molecule has 0 aliphatic rings. The first-order valence-corrected chi connectivity index (χ1v) is 5.80. The summed E-state index contributed by atoms with van der Waals surface area (Å²) in [4.78, 5) is 11.5. The summed E-state index contributed by atoms with van der Waals surface area (Å²) < 4.78 is 5.48. The van der Waals surface area contributed by atoms with E-state index >= 15 is 0 Å². The lowest BCUT2D eigenvalue weighted by Crippen LogP contribution is -2.36. The first-order valence-electron chi connectivity index (χ1n) is 5.42. The van der Waals surface area contributed by atoms with E-state index in [-0.39, 0.29) is 12.5 Å². The Morgan fingerprint density at radius 2 is 2.29 bits per heavy atom. The fraction of sp³-hybridized carbons (Fsp3) is 0.417. The predicted octanol–water partition coefficient (Wildman–Crippen LogP) is 1.74. The van der Waals surface area contributed by atoms with Crippen molar-refractivity contribution in [2.75, 3.05) is 6.54 Å². The number of benzene rings is 1. The Balaban J connectivity index is 2.77. The standard InChI is InChI=1S/C12H16ClNO3/c1-3-14-12(16)8(2)17-11-5-4-10(13)6-9(11)7-15/h4-6,8,15H,3,7H2,1-2H3,(H,14,16). The minimum atomic E-state index is -0.610. The van der Waals surface area contributed by atoms with Gasteiger partial charge in [-0.3, -0.25) is 4.79 Å². The van der Waals surface area contributed by atoms with Gasteiger partial charge in [0.1, 0.15) is 5.75 Å². The quantitative estimate of drug-likeness (QED) is 0.845. The molecule has 1 amide bonds. The smallest absolute Gasteiger partial charge is 0.260 e. The molecule has 1 unspecified atom stereocenters. The van der Waals surface area contributed by atoms with Gasteiger partial charge in [-0.2, -0.15) is 0 Å². The summed E-state index contributed by atoms with van der Waals surface area (Å²) in [5.74, 6) is 0.280. The highest BCUT2D eigenvalue weighted by molar-refractivity contribution is 6.30. The predicted molar refractivity (Wildman–Crippen MR) is 66.1 cm³/mol. The number of hydrogen-bond acceptors (Lipinski definition) is 3. The zero-order chi connectivity index (χ0) is 12.8. The first-order chi connectivity index (χ1) is 8.08. The number of carbonyl (C=O) groups is 1. The molecule has 1 aromatic carbocycles. The molecule has 1 aromatic rings. The third-order valence-corrected chi connectivity index (χ3v) is 2.45. The van der Waals surface area contributed by atoms with Crippen LogP contribution in [0.2, 0.25) is 5.02 Å². The molecule has 0 saturated heterocycles. The maximum absolute atomic E-state index is 11.5. The summed E-state index contributed by atoms with van der Waals surface area (Å²) >= 11 is 5.80. The molecule has 17 heavy (non-hydrogen) atoms. The number of amides is 1. The van der Waals surface area contributed by atoms with Crippen LogP contribution in [-0.4, -0.2) is 23.7 Å². The van der Waals surface area contributed by atoms with Crippen molar-refractivity contribution in [3.05, 3.63) is 28.8 Å². The zero-order valence-electron chi connectivity index (χ0n) is 9.87. The molecule has 4 nitrogen and oxygen atoms in total. The van der Waals surface area contributed by atoms with Gasteiger partial charge in [0.2, 0.25) is 0 Å².